The molecule has 0 radical (unpaired) electrons. The number of phenols is 1. The monoisotopic (exact) mass is 2100 g/mol. The number of fused-ring (bicyclic) bond motifs is 7. The number of carbonyl (C=O) groups is 2. The zero-order valence-electron chi connectivity index (χ0n) is 90.4. The van der Waals surface area contributed by atoms with Crippen LogP contribution in [-0.2, 0) is 49.0 Å². The Morgan fingerprint density at radius 2 is 0.654 bits per heavy atom. The Morgan fingerprint density at radius 3 is 1.00 bits per heavy atom. The van der Waals surface area contributed by atoms with E-state index in [1.54, 1.807) is 18.2 Å². The fourth-order valence-corrected chi connectivity index (χ4v) is 32.2. The third-order valence-corrected chi connectivity index (χ3v) is 73.9. The van der Waals surface area contributed by atoms with Gasteiger partial charge in [-0.15, -0.1) is 0 Å². The van der Waals surface area contributed by atoms with Crippen molar-refractivity contribution >= 4 is 131 Å². The van der Waals surface area contributed by atoms with Crippen molar-refractivity contribution < 1.29 is 62.1 Å². The van der Waals surface area contributed by atoms with E-state index >= 15 is 0 Å². The van der Waals surface area contributed by atoms with Crippen LogP contribution in [0.3, 0.4) is 0 Å². The molecule has 14 rings (SSSR count). The van der Waals surface area contributed by atoms with Gasteiger partial charge in [0.1, 0.15) is 28.7 Å². The quantitative estimate of drug-likeness (QED) is 0.0587. The van der Waals surface area contributed by atoms with E-state index in [4.69, 9.17) is 59.8 Å². The van der Waals surface area contributed by atoms with Crippen LogP contribution < -0.4 is 17.7 Å². The van der Waals surface area contributed by atoms with Crippen LogP contribution in [0.15, 0.2) is 157 Å². The second-order valence-electron chi connectivity index (χ2n) is 50.5. The van der Waals surface area contributed by atoms with E-state index in [2.05, 4.69) is 397 Å². The van der Waals surface area contributed by atoms with Gasteiger partial charge in [-0.25, -0.2) is 0 Å². The van der Waals surface area contributed by atoms with E-state index in [0.717, 1.165) is 87.1 Å². The van der Waals surface area contributed by atoms with Gasteiger partial charge in [-0.05, 0) is 333 Å². The number of allylic oxidation sites excluding steroid dienone is 9. The van der Waals surface area contributed by atoms with Crippen molar-refractivity contribution in [2.45, 2.75) is 378 Å². The first-order valence-corrected chi connectivity index (χ1v) is 82.8. The molecule has 0 aromatic heterocycles. The summed E-state index contributed by atoms with van der Waals surface area (Å²) in [6, 6.07) is 31.0. The van der Waals surface area contributed by atoms with Crippen molar-refractivity contribution in [3.05, 3.63) is 228 Å². The zero-order chi connectivity index (χ0) is 99.0. The fraction of sp³-hybridized carbons (Fsp3) is 0.568. The van der Waals surface area contributed by atoms with Gasteiger partial charge in [-0.3, -0.25) is 9.59 Å². The molecule has 8 atom stereocenters. The number of carbonyl (C=O) groups excluding carboxylic acids is 2. The SMILES string of the molecule is CC(C)(C)[Si](C)(C)Cl.CC(C)(C)[Si](C)(C)OC1=CC2CCC([Si](C)(C)C3CCC4C=C(O[Si](C)(C)C(C)(C)C)C=CC43)C2C=C1.CC(C)(C)[Si](C)(C)Oc1ccc2c(c1)C=CC2[Si](C)(C)C1C=Cc2cc(O[Si](C)(C)C(C)(C)C)ccc21.CC(C)(C)[Si](C)(C)Oc1ccc2c(c1)CC=C2.CC(C)(C)[Si](C)(C)Oc1ccc2c(c1)CCC2=O.O=C1CCc2cc(O)ccc21.[CH3-].[CH3-].[Cl][Zr+2][Cl]. The molecule has 0 saturated heterocycles. The van der Waals surface area contributed by atoms with Gasteiger partial charge in [0.05, 0.1) is 27.7 Å². The van der Waals surface area contributed by atoms with Crippen LogP contribution in [0.25, 0.3) is 18.2 Å². The molecule has 5 aromatic carbocycles. The van der Waals surface area contributed by atoms with Crippen LogP contribution in [0.1, 0.15) is 260 Å². The van der Waals surface area contributed by atoms with Gasteiger partial charge in [0.15, 0.2) is 19.0 Å². The first-order chi connectivity index (χ1) is 59.6. The predicted molar refractivity (Wildman–Crippen MR) is 600 cm³/mol. The van der Waals surface area contributed by atoms with Crippen molar-refractivity contribution in [3.8, 4) is 28.7 Å². The molecule has 9 aliphatic rings. The summed E-state index contributed by atoms with van der Waals surface area (Å²) in [6.45, 7) is 90.6. The molecule has 9 aliphatic carbocycles. The van der Waals surface area contributed by atoms with E-state index in [9.17, 15) is 9.59 Å². The van der Waals surface area contributed by atoms with E-state index in [1.165, 1.54) is 59.1 Å². The Labute approximate surface area is 844 Å². The van der Waals surface area contributed by atoms with Crippen molar-refractivity contribution in [3.63, 3.8) is 0 Å². The molecule has 9 nitrogen and oxygen atoms in total. The van der Waals surface area contributed by atoms with Gasteiger partial charge in [-0.1, -0.05) is 264 Å². The Bertz CT molecular complexity index is 4880. The summed E-state index contributed by atoms with van der Waals surface area (Å²) in [5, 5.41) is 10.7. The molecular weight excluding hydrogens is 1930 g/mol. The van der Waals surface area contributed by atoms with Crippen LogP contribution in [0.2, 0.25) is 164 Å². The van der Waals surface area contributed by atoms with Crippen molar-refractivity contribution in [2.75, 3.05) is 0 Å². The molecule has 0 bridgehead atoms. The summed E-state index contributed by atoms with van der Waals surface area (Å²) >= 11 is 5.32. The van der Waals surface area contributed by atoms with E-state index < -0.39 is 94.3 Å². The average molecular weight is 2110 g/mol. The summed E-state index contributed by atoms with van der Waals surface area (Å²) < 4.78 is 39.2. The topological polar surface area (TPSA) is 110 Å². The second-order valence-corrected chi connectivity index (χ2v) is 99.9. The standard InChI is InChI=1S/C32H56O2Si3.C32H48O2Si3.C15H22O2Si.C15H22OSi.C9H8O2.C6H15ClSi.2CH3.2ClH.Zr/c2*1-31(2,3)36(9,10)33-25-15-17-27-23(21-25)13-19-29(27)35(7,8)30-20-14-24-22-26(16-18-28(24)30)34-37(11,12)32(4,5)6;1-15(2,3)18(4,5)17-12-7-8-13-11(10-12)6-9-14(13)16;1-15(2,3)17(4,5)16-14-10-9-12-7-6-8-13(12)11-14;10-7-2-3-8-6(5-7)1-4-9(8)11;1-6(2,3)8(4,5)7;;;;;/h15-18,21-24,27-30H,13-14,19-20H2,1-12H3;13-22,29-30H,1-12H3;7-8,10H,6,9H2,1-5H3;6-7,9-11H,8H2,1-5H3;2-3,5,10H,1,4H2;1-5H3;2*1H3;2*1H;/q;;;;;;2*-1;;;+4/p-2. The normalized spacial score (nSPS) is 20.7. The number of ketones is 2. The number of aromatic hydroxyl groups is 1. The molecule has 5 aromatic rings. The molecule has 0 aliphatic heterocycles. The van der Waals surface area contributed by atoms with Gasteiger partial charge >= 0.3 is 37.9 Å². The number of phenolic OH excluding ortho intramolecular Hbond substituents is 1. The molecule has 1 N–H and O–H groups in total. The number of hydrogen-bond acceptors (Lipinski definition) is 9. The fourth-order valence-electron chi connectivity index (χ4n) is 17.3. The summed E-state index contributed by atoms with van der Waals surface area (Å²) in [7, 11) is -5.54. The summed E-state index contributed by atoms with van der Waals surface area (Å²) in [6.07, 6.45) is 38.2. The molecule has 133 heavy (non-hydrogen) atoms. The predicted octanol–water partition coefficient (Wildman–Crippen LogP) is 36.5. The van der Waals surface area contributed by atoms with Crippen LogP contribution in [-0.4, -0.2) is 90.1 Å². The number of Topliss-reactive ketones (excluding diaryl/α,β-unsaturated/α-hetero) is 2. The number of hydrogen-bond donors (Lipinski definition) is 1. The number of rotatable bonds is 16. The van der Waals surface area contributed by atoms with Crippen LogP contribution in [0.5, 0.6) is 28.7 Å². The first kappa shape index (κ1) is 118. The summed E-state index contributed by atoms with van der Waals surface area (Å²) in [4.78, 5) is 22.7. The third kappa shape index (κ3) is 29.1. The third-order valence-electron chi connectivity index (χ3n) is 33.1. The van der Waals surface area contributed by atoms with Gasteiger partial charge < -0.3 is 46.5 Å². The van der Waals surface area contributed by atoms with Crippen molar-refractivity contribution in [1.82, 2.24) is 0 Å². The number of benzene rings is 5. The maximum absolute atomic E-state index is 11.6. The zero-order valence-corrected chi connectivity index (χ0v) is 104. The van der Waals surface area contributed by atoms with Gasteiger partial charge in [0.25, 0.3) is 0 Å². The number of aryl methyl sites for hydroxylation is 2. The Balaban J connectivity index is 0.000000261. The average Bonchev–Trinajstić information content (AvgIpc) is 1.61. The molecule has 22 heteroatoms. The minimum absolute atomic E-state index is 0. The van der Waals surface area contributed by atoms with E-state index in [-0.39, 0.29) is 62.4 Å². The Hall–Kier alpha value is -4.07. The van der Waals surface area contributed by atoms with Crippen LogP contribution in [0, 0.1) is 38.5 Å². The molecule has 2 fully saturated rings. The first-order valence-electron chi connectivity index (χ1n) is 48.7. The van der Waals surface area contributed by atoms with Crippen LogP contribution >= 0.6 is 28.1 Å². The van der Waals surface area contributed by atoms with Crippen LogP contribution in [0.4, 0.5) is 0 Å². The molecule has 2 saturated carbocycles. The molecule has 8 unspecified atom stereocenters. The van der Waals surface area contributed by atoms with Gasteiger partial charge in [-0.2, -0.15) is 11.1 Å². The molecular formula is C111H177Cl3O9Si9Zr. The Morgan fingerprint density at radius 1 is 0.346 bits per heavy atom. The van der Waals surface area contributed by atoms with E-state index in [1.807, 2.05) is 12.1 Å². The molecule has 0 spiro atoms. The summed E-state index contributed by atoms with van der Waals surface area (Å²) in [5.74, 6) is 9.81. The summed E-state index contributed by atoms with van der Waals surface area (Å²) in [5.41, 5.74) is 14.9. The van der Waals surface area contributed by atoms with Crippen molar-refractivity contribution in [1.29, 1.82) is 0 Å². The maximum atomic E-state index is 11.6. The molecule has 736 valence electrons. The van der Waals surface area contributed by atoms with Crippen molar-refractivity contribution in [2.24, 2.45) is 23.7 Å². The minimum atomic E-state index is -1.86. The number of halogens is 3. The van der Waals surface area contributed by atoms with Gasteiger partial charge in [0.2, 0.25) is 49.9 Å². The van der Waals surface area contributed by atoms with E-state index in [0.29, 0.717) is 52.6 Å². The second kappa shape index (κ2) is 44.2. The molecule has 0 amide bonds. The Kier molecular flexibility index (Phi) is 39.1. The van der Waals surface area contributed by atoms with Gasteiger partial charge in [0, 0.05) is 24.0 Å². The molecule has 0 heterocycles.